The zero-order valence-corrected chi connectivity index (χ0v) is 17.4. The molecule has 1 aromatic heterocycles. The van der Waals surface area contributed by atoms with Crippen LogP contribution in [0.25, 0.3) is 11.0 Å². The molecule has 1 saturated heterocycles. The van der Waals surface area contributed by atoms with Gasteiger partial charge in [0.15, 0.2) is 5.58 Å². The predicted molar refractivity (Wildman–Crippen MR) is 116 cm³/mol. The summed E-state index contributed by atoms with van der Waals surface area (Å²) < 4.78 is 18.5. The minimum Gasteiger partial charge on any atom is -0.356 e. The highest BCUT2D eigenvalue weighted by Crippen LogP contribution is 2.25. The fourth-order valence-corrected chi connectivity index (χ4v) is 4.33. The first-order chi connectivity index (χ1) is 14.7. The largest absolute Gasteiger partial charge is 0.356 e. The van der Waals surface area contributed by atoms with Gasteiger partial charge in [-0.25, -0.2) is 4.39 Å². The maximum absolute atomic E-state index is 13.3. The Hall–Kier alpha value is -2.73. The second-order valence-corrected chi connectivity index (χ2v) is 7.90. The zero-order chi connectivity index (χ0) is 20.9. The van der Waals surface area contributed by atoms with Gasteiger partial charge in [-0.05, 0) is 56.5 Å². The van der Waals surface area contributed by atoms with Crippen LogP contribution in [-0.4, -0.2) is 41.6 Å². The van der Waals surface area contributed by atoms with Crippen molar-refractivity contribution in [2.24, 2.45) is 0 Å². The number of hydrogen-bond donors (Lipinski definition) is 0. The molecule has 0 N–H and O–H groups in total. The molecule has 6 heteroatoms. The Bertz CT molecular complexity index is 981. The number of aromatic nitrogens is 1. The van der Waals surface area contributed by atoms with Gasteiger partial charge in [-0.1, -0.05) is 30.3 Å². The van der Waals surface area contributed by atoms with Crippen molar-refractivity contribution in [3.05, 3.63) is 60.0 Å². The van der Waals surface area contributed by atoms with Crippen LogP contribution in [0.15, 0.2) is 53.1 Å². The number of amides is 1. The average molecular weight is 410 g/mol. The van der Waals surface area contributed by atoms with Crippen molar-refractivity contribution in [1.82, 2.24) is 10.1 Å². The van der Waals surface area contributed by atoms with Gasteiger partial charge < -0.3 is 14.3 Å². The van der Waals surface area contributed by atoms with Gasteiger partial charge in [0.05, 0.1) is 5.69 Å². The third-order valence-electron chi connectivity index (χ3n) is 5.92. The third-order valence-corrected chi connectivity index (χ3v) is 5.92. The fourth-order valence-electron chi connectivity index (χ4n) is 4.33. The molecule has 5 nitrogen and oxygen atoms in total. The molecule has 3 aromatic rings. The van der Waals surface area contributed by atoms with E-state index in [-0.39, 0.29) is 17.8 Å². The molecular weight excluding hydrogens is 381 g/mol. The van der Waals surface area contributed by atoms with E-state index < -0.39 is 0 Å². The molecule has 1 aliphatic heterocycles. The highest BCUT2D eigenvalue weighted by molar-refractivity contribution is 5.93. The highest BCUT2D eigenvalue weighted by Gasteiger charge is 2.28. The van der Waals surface area contributed by atoms with Crippen LogP contribution in [0.3, 0.4) is 0 Å². The summed E-state index contributed by atoms with van der Waals surface area (Å²) >= 11 is 0. The molecule has 4 rings (SSSR count). The quantitative estimate of drug-likeness (QED) is 0.562. The SMILES string of the molecule is CCC(=O)N(c1ccccc1)C1CCN(CCCc2noc3cc(F)ccc23)CC1. The van der Waals surface area contributed by atoms with Gasteiger partial charge >= 0.3 is 0 Å². The van der Waals surface area contributed by atoms with E-state index in [0.717, 1.165) is 62.1 Å². The average Bonchev–Trinajstić information content (AvgIpc) is 3.17. The number of rotatable bonds is 7. The number of carbonyl (C=O) groups excluding carboxylic acids is 1. The molecular formula is C24H28FN3O2. The number of piperidine rings is 1. The summed E-state index contributed by atoms with van der Waals surface area (Å²) in [5.74, 6) is -0.117. The van der Waals surface area contributed by atoms with Crippen LogP contribution in [0.1, 0.15) is 38.3 Å². The Labute approximate surface area is 176 Å². The van der Waals surface area contributed by atoms with Crippen LogP contribution in [-0.2, 0) is 11.2 Å². The Morgan fingerprint density at radius 2 is 1.97 bits per heavy atom. The molecule has 0 unspecified atom stereocenters. The Morgan fingerprint density at radius 3 is 2.70 bits per heavy atom. The minimum atomic E-state index is -0.306. The summed E-state index contributed by atoms with van der Waals surface area (Å²) in [5.41, 5.74) is 2.40. The van der Waals surface area contributed by atoms with Gasteiger partial charge in [-0.15, -0.1) is 0 Å². The van der Waals surface area contributed by atoms with Crippen molar-refractivity contribution in [3.8, 4) is 0 Å². The van der Waals surface area contributed by atoms with Gasteiger partial charge in [0.25, 0.3) is 0 Å². The number of anilines is 1. The van der Waals surface area contributed by atoms with E-state index in [1.807, 2.05) is 42.2 Å². The van der Waals surface area contributed by atoms with E-state index in [1.54, 1.807) is 6.07 Å². The molecule has 1 aliphatic rings. The standard InChI is InChI=1S/C24H28FN3O2/c1-2-24(29)28(19-7-4-3-5-8-19)20-12-15-27(16-13-20)14-6-9-22-21-11-10-18(25)17-23(21)30-26-22/h3-5,7-8,10-11,17,20H,2,6,9,12-16H2,1H3. The maximum atomic E-state index is 13.3. The van der Waals surface area contributed by atoms with E-state index in [1.165, 1.54) is 12.1 Å². The molecule has 30 heavy (non-hydrogen) atoms. The summed E-state index contributed by atoms with van der Waals surface area (Å²) in [6, 6.07) is 14.8. The molecule has 1 amide bonds. The first kappa shape index (κ1) is 20.5. The van der Waals surface area contributed by atoms with E-state index in [2.05, 4.69) is 10.1 Å². The van der Waals surface area contributed by atoms with E-state index in [9.17, 15) is 9.18 Å². The monoisotopic (exact) mass is 409 g/mol. The fraction of sp³-hybridized carbons (Fsp3) is 0.417. The predicted octanol–water partition coefficient (Wildman–Crippen LogP) is 4.81. The summed E-state index contributed by atoms with van der Waals surface area (Å²) in [6.07, 6.45) is 4.26. The minimum absolute atomic E-state index is 0.189. The number of likely N-dealkylation sites (tertiary alicyclic amines) is 1. The van der Waals surface area contributed by atoms with E-state index in [4.69, 9.17) is 4.52 Å². The van der Waals surface area contributed by atoms with Crippen LogP contribution in [0, 0.1) is 5.82 Å². The van der Waals surface area contributed by atoms with E-state index in [0.29, 0.717) is 12.0 Å². The smallest absolute Gasteiger partial charge is 0.226 e. The molecule has 0 aliphatic carbocycles. The normalized spacial score (nSPS) is 15.5. The lowest BCUT2D eigenvalue weighted by molar-refractivity contribution is -0.119. The van der Waals surface area contributed by atoms with Gasteiger partial charge in [-0.3, -0.25) is 4.79 Å². The molecule has 1 fully saturated rings. The molecule has 2 heterocycles. The lowest BCUT2D eigenvalue weighted by Gasteiger charge is -2.38. The van der Waals surface area contributed by atoms with Crippen molar-refractivity contribution in [3.63, 3.8) is 0 Å². The van der Waals surface area contributed by atoms with Crippen LogP contribution in [0.2, 0.25) is 0 Å². The number of carbonyl (C=O) groups is 1. The van der Waals surface area contributed by atoms with Crippen LogP contribution in [0.5, 0.6) is 0 Å². The summed E-state index contributed by atoms with van der Waals surface area (Å²) in [5, 5.41) is 5.01. The lowest BCUT2D eigenvalue weighted by Crippen LogP contribution is -2.47. The van der Waals surface area contributed by atoms with Crippen molar-refractivity contribution >= 4 is 22.6 Å². The number of nitrogens with zero attached hydrogens (tertiary/aromatic N) is 3. The molecule has 0 spiro atoms. The molecule has 2 aromatic carbocycles. The Morgan fingerprint density at radius 1 is 1.20 bits per heavy atom. The topological polar surface area (TPSA) is 49.6 Å². The van der Waals surface area contributed by atoms with E-state index >= 15 is 0 Å². The maximum Gasteiger partial charge on any atom is 0.226 e. The number of hydrogen-bond acceptors (Lipinski definition) is 4. The van der Waals surface area contributed by atoms with Crippen molar-refractivity contribution in [1.29, 1.82) is 0 Å². The second-order valence-electron chi connectivity index (χ2n) is 7.90. The summed E-state index contributed by atoms with van der Waals surface area (Å²) in [6.45, 7) is 4.87. The van der Waals surface area contributed by atoms with Gasteiger partial charge in [-0.2, -0.15) is 0 Å². The van der Waals surface area contributed by atoms with Crippen molar-refractivity contribution < 1.29 is 13.7 Å². The molecule has 158 valence electrons. The van der Waals surface area contributed by atoms with Gasteiger partial charge in [0, 0.05) is 42.7 Å². The Balaban J connectivity index is 1.30. The van der Waals surface area contributed by atoms with Crippen molar-refractivity contribution in [2.75, 3.05) is 24.5 Å². The number of para-hydroxylation sites is 1. The number of fused-ring (bicyclic) bond motifs is 1. The van der Waals surface area contributed by atoms with Gasteiger partial charge in [0.1, 0.15) is 5.82 Å². The van der Waals surface area contributed by atoms with Gasteiger partial charge in [0.2, 0.25) is 5.91 Å². The molecule has 0 saturated carbocycles. The zero-order valence-electron chi connectivity index (χ0n) is 17.4. The summed E-state index contributed by atoms with van der Waals surface area (Å²) in [7, 11) is 0. The Kier molecular flexibility index (Phi) is 6.43. The van der Waals surface area contributed by atoms with Crippen LogP contribution in [0.4, 0.5) is 10.1 Å². The second kappa shape index (κ2) is 9.39. The molecule has 0 atom stereocenters. The highest BCUT2D eigenvalue weighted by atomic mass is 19.1. The first-order valence-electron chi connectivity index (χ1n) is 10.8. The number of benzene rings is 2. The molecule has 0 bridgehead atoms. The lowest BCUT2D eigenvalue weighted by atomic mass is 10.0. The third kappa shape index (κ3) is 4.54. The number of halogens is 1. The van der Waals surface area contributed by atoms with Crippen LogP contribution < -0.4 is 4.90 Å². The number of aryl methyl sites for hydroxylation is 1. The van der Waals surface area contributed by atoms with Crippen LogP contribution >= 0.6 is 0 Å². The molecule has 0 radical (unpaired) electrons. The first-order valence-corrected chi connectivity index (χ1v) is 10.8. The van der Waals surface area contributed by atoms with Crippen molar-refractivity contribution in [2.45, 2.75) is 45.1 Å². The summed E-state index contributed by atoms with van der Waals surface area (Å²) in [4.78, 5) is 17.1.